The molecular weight excluding hydrogens is 138 g/mol. The van der Waals surface area contributed by atoms with Crippen LogP contribution >= 0.6 is 0 Å². The van der Waals surface area contributed by atoms with Crippen molar-refractivity contribution < 1.29 is 8.76 Å². The first-order chi connectivity index (χ1) is 4.20. The highest BCUT2D eigenvalue weighted by Crippen LogP contribution is 2.15. The molecule has 0 bridgehead atoms. The summed E-state index contributed by atoms with van der Waals surface area (Å²) in [5.74, 6) is 0.544. The third-order valence-electron chi connectivity index (χ3n) is 1.60. The zero-order valence-electron chi connectivity index (χ0n) is 5.37. The summed E-state index contributed by atoms with van der Waals surface area (Å²) in [5, 5.41) is 0. The summed E-state index contributed by atoms with van der Waals surface area (Å²) in [5.41, 5.74) is 0. The molecule has 4 heteroatoms. The van der Waals surface area contributed by atoms with Gasteiger partial charge in [-0.25, -0.2) is 4.31 Å². The van der Waals surface area contributed by atoms with Crippen LogP contribution in [0.15, 0.2) is 0 Å². The molecule has 1 rings (SSSR count). The van der Waals surface area contributed by atoms with Gasteiger partial charge in [0, 0.05) is 24.4 Å². The lowest BCUT2D eigenvalue weighted by Gasteiger charge is -2.16. The quantitative estimate of drug-likeness (QED) is 0.496. The molecule has 0 aromatic carbocycles. The molecule has 2 atom stereocenters. The van der Waals surface area contributed by atoms with Gasteiger partial charge >= 0.3 is 0 Å². The van der Waals surface area contributed by atoms with E-state index < -0.39 is 11.3 Å². The minimum absolute atomic E-state index is 0.544. The second-order valence-corrected chi connectivity index (χ2v) is 3.45. The Morgan fingerprint density at radius 1 is 1.78 bits per heavy atom. The van der Waals surface area contributed by atoms with E-state index in [0.29, 0.717) is 19.0 Å². The average molecular weight is 148 g/mol. The maximum Gasteiger partial charge on any atom is 0.0209 e. The van der Waals surface area contributed by atoms with Crippen LogP contribution in [0.5, 0.6) is 0 Å². The highest BCUT2D eigenvalue weighted by Gasteiger charge is 2.18. The fourth-order valence-electron chi connectivity index (χ4n) is 1.03. The largest absolute Gasteiger partial charge is 0.760 e. The Morgan fingerprint density at radius 3 is 2.67 bits per heavy atom. The molecule has 1 fully saturated rings. The van der Waals surface area contributed by atoms with E-state index in [1.165, 1.54) is 4.31 Å². The third kappa shape index (κ3) is 1.74. The van der Waals surface area contributed by atoms with Crippen LogP contribution in [0, 0.1) is 5.92 Å². The molecule has 0 aromatic rings. The van der Waals surface area contributed by atoms with Crippen LogP contribution in [0.1, 0.15) is 13.3 Å². The Labute approximate surface area is 57.5 Å². The minimum atomic E-state index is -1.98. The molecule has 54 valence electrons. The van der Waals surface area contributed by atoms with Crippen LogP contribution in [0.3, 0.4) is 0 Å². The Bertz CT molecular complexity index is 128. The van der Waals surface area contributed by atoms with Gasteiger partial charge in [-0.05, 0) is 12.3 Å². The molecule has 1 aliphatic rings. The van der Waals surface area contributed by atoms with E-state index in [-0.39, 0.29) is 0 Å². The Balaban J connectivity index is 2.39. The number of nitrogens with zero attached hydrogens (tertiary/aromatic N) is 1. The molecule has 0 saturated carbocycles. The van der Waals surface area contributed by atoms with Gasteiger partial charge in [0.05, 0.1) is 0 Å². The lowest BCUT2D eigenvalue weighted by molar-refractivity contribution is 0.430. The van der Waals surface area contributed by atoms with Gasteiger partial charge < -0.3 is 4.55 Å². The fourth-order valence-corrected chi connectivity index (χ4v) is 1.66. The van der Waals surface area contributed by atoms with Crippen molar-refractivity contribution in [1.82, 2.24) is 4.31 Å². The van der Waals surface area contributed by atoms with Gasteiger partial charge in [-0.15, -0.1) is 0 Å². The molecule has 1 aliphatic heterocycles. The summed E-state index contributed by atoms with van der Waals surface area (Å²) >= 11 is -1.98. The molecule has 0 spiro atoms. The summed E-state index contributed by atoms with van der Waals surface area (Å²) in [6, 6.07) is 0. The topological polar surface area (TPSA) is 43.4 Å². The van der Waals surface area contributed by atoms with E-state index in [0.717, 1.165) is 6.42 Å². The lowest BCUT2D eigenvalue weighted by atomic mass is 10.2. The summed E-state index contributed by atoms with van der Waals surface area (Å²) < 4.78 is 22.0. The van der Waals surface area contributed by atoms with Gasteiger partial charge in [0.2, 0.25) is 0 Å². The first-order valence-corrected chi connectivity index (χ1v) is 4.07. The van der Waals surface area contributed by atoms with Crippen molar-refractivity contribution in [2.75, 3.05) is 13.1 Å². The van der Waals surface area contributed by atoms with Gasteiger partial charge in [0.25, 0.3) is 0 Å². The van der Waals surface area contributed by atoms with Crippen LogP contribution in [-0.2, 0) is 11.3 Å². The van der Waals surface area contributed by atoms with E-state index in [2.05, 4.69) is 6.92 Å². The minimum Gasteiger partial charge on any atom is -0.760 e. The summed E-state index contributed by atoms with van der Waals surface area (Å²) in [6.45, 7) is 3.47. The van der Waals surface area contributed by atoms with Crippen molar-refractivity contribution in [3.05, 3.63) is 0 Å². The van der Waals surface area contributed by atoms with Crippen molar-refractivity contribution in [2.45, 2.75) is 13.3 Å². The highest BCUT2D eigenvalue weighted by molar-refractivity contribution is 7.76. The highest BCUT2D eigenvalue weighted by atomic mass is 32.2. The number of hydrogen-bond acceptors (Lipinski definition) is 2. The zero-order chi connectivity index (χ0) is 6.85. The summed E-state index contributed by atoms with van der Waals surface area (Å²) in [4.78, 5) is 0. The normalized spacial score (nSPS) is 32.9. The Morgan fingerprint density at radius 2 is 2.44 bits per heavy atom. The van der Waals surface area contributed by atoms with Crippen molar-refractivity contribution in [3.8, 4) is 0 Å². The molecule has 2 unspecified atom stereocenters. The van der Waals surface area contributed by atoms with Gasteiger partial charge in [-0.2, -0.15) is 0 Å². The van der Waals surface area contributed by atoms with Crippen molar-refractivity contribution in [2.24, 2.45) is 5.92 Å². The molecule has 0 radical (unpaired) electrons. The van der Waals surface area contributed by atoms with Crippen LogP contribution in [0.25, 0.3) is 0 Å². The number of hydrogen-bond donors (Lipinski definition) is 0. The van der Waals surface area contributed by atoms with Gasteiger partial charge in [-0.3, -0.25) is 4.21 Å². The van der Waals surface area contributed by atoms with Crippen LogP contribution in [-0.4, -0.2) is 26.2 Å². The molecule has 0 N–H and O–H groups in total. The monoisotopic (exact) mass is 148 g/mol. The fraction of sp³-hybridized carbons (Fsp3) is 1.00. The van der Waals surface area contributed by atoms with E-state index in [9.17, 15) is 8.76 Å². The average Bonchev–Trinajstić information content (AvgIpc) is 2.14. The predicted molar refractivity (Wildman–Crippen MR) is 34.3 cm³/mol. The molecule has 3 nitrogen and oxygen atoms in total. The van der Waals surface area contributed by atoms with E-state index in [1.807, 2.05) is 0 Å². The standard InChI is InChI=1S/C5H11NO2S/c1-5-2-3-6(4-5)9(7)8/h5H,2-4H2,1H3,(H,7,8)/p-1. The second kappa shape index (κ2) is 2.77. The maximum atomic E-state index is 10.3. The molecule has 9 heavy (non-hydrogen) atoms. The van der Waals surface area contributed by atoms with Gasteiger partial charge in [-0.1, -0.05) is 6.92 Å². The lowest BCUT2D eigenvalue weighted by Crippen LogP contribution is -2.22. The van der Waals surface area contributed by atoms with E-state index >= 15 is 0 Å². The smallest absolute Gasteiger partial charge is 0.0209 e. The van der Waals surface area contributed by atoms with Crippen LogP contribution in [0.2, 0.25) is 0 Å². The first kappa shape index (κ1) is 7.18. The van der Waals surface area contributed by atoms with Gasteiger partial charge in [0.1, 0.15) is 0 Å². The van der Waals surface area contributed by atoms with Crippen LogP contribution < -0.4 is 0 Å². The SMILES string of the molecule is CC1CCN(S(=O)[O-])C1. The predicted octanol–water partition coefficient (Wildman–Crippen LogP) is 0.122. The molecule has 0 amide bonds. The molecule has 1 saturated heterocycles. The van der Waals surface area contributed by atoms with Gasteiger partial charge in [0.15, 0.2) is 0 Å². The van der Waals surface area contributed by atoms with E-state index in [4.69, 9.17) is 0 Å². The Hall–Kier alpha value is 0.0700. The van der Waals surface area contributed by atoms with Crippen LogP contribution in [0.4, 0.5) is 0 Å². The molecule has 0 aliphatic carbocycles. The summed E-state index contributed by atoms with van der Waals surface area (Å²) in [6.07, 6.45) is 1.01. The maximum absolute atomic E-state index is 10.3. The molecule has 0 aromatic heterocycles. The number of rotatable bonds is 1. The first-order valence-electron chi connectivity index (χ1n) is 3.04. The molecule has 1 heterocycles. The van der Waals surface area contributed by atoms with E-state index in [1.54, 1.807) is 0 Å². The third-order valence-corrected chi connectivity index (χ3v) is 2.35. The van der Waals surface area contributed by atoms with Crippen molar-refractivity contribution in [3.63, 3.8) is 0 Å². The molecular formula is C5H10NO2S-. The summed E-state index contributed by atoms with van der Waals surface area (Å²) in [7, 11) is 0. The second-order valence-electron chi connectivity index (χ2n) is 2.50. The Kier molecular flexibility index (Phi) is 2.21. The zero-order valence-corrected chi connectivity index (χ0v) is 6.19. The van der Waals surface area contributed by atoms with Crippen molar-refractivity contribution >= 4 is 11.3 Å². The van der Waals surface area contributed by atoms with Crippen molar-refractivity contribution in [1.29, 1.82) is 0 Å².